The molecule has 0 aliphatic heterocycles. The van der Waals surface area contributed by atoms with Gasteiger partial charge in [-0.1, -0.05) is 149 Å². The number of nitrogen functional groups attached to an aromatic ring is 1. The van der Waals surface area contributed by atoms with Gasteiger partial charge in [-0.3, -0.25) is 24.9 Å². The number of benzene rings is 9. The first-order valence-electron chi connectivity index (χ1n) is 41.3. The van der Waals surface area contributed by atoms with Gasteiger partial charge in [-0.05, 0) is 379 Å². The molecule has 14 rings (SSSR count). The molecule has 0 atom stereocenters. The number of hydrogen-bond donors (Lipinski definition) is 2. The largest absolute Gasteiger partial charge is 0.508 e. The number of nitriles is 1. The van der Waals surface area contributed by atoms with Gasteiger partial charge in [-0.15, -0.1) is 0 Å². The molecule has 14 aromatic rings. The number of halogens is 8. The third kappa shape index (κ3) is 49.4. The van der Waals surface area contributed by atoms with E-state index < -0.39 is 29.1 Å². The molecule has 0 aliphatic carbocycles. The molecule has 0 radical (unpaired) electrons. The molecule has 0 saturated carbocycles. The highest BCUT2D eigenvalue weighted by atomic mass is 19.2. The topological polar surface area (TPSA) is 144 Å². The molecule has 17 heteroatoms. The molecular weight excluding hydrogens is 1600 g/mol. The summed E-state index contributed by atoms with van der Waals surface area (Å²) in [6, 6.07) is 62.1. The average Bonchev–Trinajstić information content (AvgIpc) is 0.853. The number of nitrogens with two attached hydrogens (primary N) is 1. The average molecular weight is 1740 g/mol. The van der Waals surface area contributed by atoms with Crippen molar-refractivity contribution in [3.05, 3.63) is 445 Å². The number of ether oxygens (including phenoxy) is 1. The SMILES string of the molecule is COc1cnc(C)cc1C.Cc1cc(C)c(F)c(F)c1F.Cc1cc(C)c(F)cc1F.Cc1cc(C)c(F)cn1.Cc1cc(C)cc(C#N)c1.Cc1cc(C)cc(F)c1.Cc1cc(C)cc(O)c1.Cc1ccc(F)c(C)c1.Cc1ccc(N)c(C)c1.Cc1cccc(C)c1.Cc1cccc(C)c1.Cc1ccnc(C)c1.Cc1cnc(C)c(C)c1.Cc1cncc(C)c1. The van der Waals surface area contributed by atoms with Gasteiger partial charge in [0.1, 0.15) is 40.6 Å². The van der Waals surface area contributed by atoms with Crippen molar-refractivity contribution in [1.29, 1.82) is 5.26 Å². The second kappa shape index (κ2) is 59.0. The molecule has 0 unspecified atom stereocenters. The van der Waals surface area contributed by atoms with E-state index in [-0.39, 0.29) is 28.6 Å². The maximum Gasteiger partial charge on any atom is 0.194 e. The number of anilines is 1. The van der Waals surface area contributed by atoms with Crippen LogP contribution in [-0.2, 0) is 0 Å². The lowest BCUT2D eigenvalue weighted by molar-refractivity contribution is 0.409. The van der Waals surface area contributed by atoms with E-state index in [4.69, 9.17) is 20.8 Å². The van der Waals surface area contributed by atoms with Crippen molar-refractivity contribution in [2.45, 2.75) is 201 Å². The summed E-state index contributed by atoms with van der Waals surface area (Å²) in [4.78, 5) is 20.1. The normalized spacial score (nSPS) is 9.55. The number of methoxy groups -OCH3 is 1. The summed E-state index contributed by atoms with van der Waals surface area (Å²) in [5.74, 6) is -3.86. The summed E-state index contributed by atoms with van der Waals surface area (Å²) in [5.41, 5.74) is 36.6. The third-order valence-corrected chi connectivity index (χ3v) is 17.9. The summed E-state index contributed by atoms with van der Waals surface area (Å²) in [7, 11) is 1.65. The number of phenolic OH excluding ortho intramolecular Hbond substituents is 1. The molecule has 5 heterocycles. The predicted molar refractivity (Wildman–Crippen MR) is 514 cm³/mol. The maximum atomic E-state index is 12.6. The Labute approximate surface area is 753 Å². The van der Waals surface area contributed by atoms with E-state index in [0.29, 0.717) is 22.4 Å². The molecule has 9 aromatic carbocycles. The molecule has 0 amide bonds. The zero-order valence-electron chi connectivity index (χ0n) is 80.1. The van der Waals surface area contributed by atoms with Crippen LogP contribution < -0.4 is 10.5 Å². The van der Waals surface area contributed by atoms with Crippen molar-refractivity contribution in [3.8, 4) is 17.6 Å². The van der Waals surface area contributed by atoms with Gasteiger partial charge in [0, 0.05) is 59.3 Å². The van der Waals surface area contributed by atoms with Crippen LogP contribution in [-0.4, -0.2) is 37.1 Å². The van der Waals surface area contributed by atoms with Crippen LogP contribution in [0.2, 0.25) is 0 Å². The number of aryl methyl sites for hydroxylation is 29. The number of phenols is 1. The Kier molecular flexibility index (Phi) is 52.1. The number of pyridine rings is 5. The molecule has 0 bridgehead atoms. The van der Waals surface area contributed by atoms with E-state index in [2.05, 4.69) is 165 Å². The van der Waals surface area contributed by atoms with E-state index in [0.717, 1.165) is 101 Å². The molecule has 674 valence electrons. The number of rotatable bonds is 1. The Hall–Kier alpha value is -12.9. The fourth-order valence-electron chi connectivity index (χ4n) is 11.6. The number of aromatic nitrogens is 5. The molecule has 0 saturated heterocycles. The van der Waals surface area contributed by atoms with Gasteiger partial charge in [0.2, 0.25) is 0 Å². The van der Waals surface area contributed by atoms with Crippen LogP contribution in [0.1, 0.15) is 167 Å². The quantitative estimate of drug-likeness (QED) is 0.0932. The van der Waals surface area contributed by atoms with Crippen molar-refractivity contribution in [2.75, 3.05) is 12.8 Å². The zero-order valence-corrected chi connectivity index (χ0v) is 80.1. The lowest BCUT2D eigenvalue weighted by Gasteiger charge is -2.02. The third-order valence-electron chi connectivity index (χ3n) is 17.9. The van der Waals surface area contributed by atoms with E-state index in [9.17, 15) is 35.1 Å². The van der Waals surface area contributed by atoms with E-state index >= 15 is 0 Å². The van der Waals surface area contributed by atoms with Gasteiger partial charge in [0.25, 0.3) is 0 Å². The second-order valence-electron chi connectivity index (χ2n) is 31.7. The fourth-order valence-corrected chi connectivity index (χ4v) is 11.6. The molecule has 0 spiro atoms. The molecular formula is C110H131F8N7O2. The minimum Gasteiger partial charge on any atom is -0.508 e. The summed E-state index contributed by atoms with van der Waals surface area (Å²) in [6.45, 7) is 55.7. The first-order chi connectivity index (χ1) is 59.4. The molecule has 5 aromatic heterocycles. The van der Waals surface area contributed by atoms with Crippen molar-refractivity contribution in [3.63, 3.8) is 0 Å². The fraction of sp³-hybridized carbons (Fsp3) is 0.273. The first kappa shape index (κ1) is 112. The molecule has 0 aliphatic rings. The lowest BCUT2D eigenvalue weighted by atomic mass is 10.1. The second-order valence-corrected chi connectivity index (χ2v) is 31.7. The smallest absolute Gasteiger partial charge is 0.194 e. The number of nitrogens with zero attached hydrogens (tertiary/aromatic N) is 6. The first-order valence-corrected chi connectivity index (χ1v) is 41.3. The predicted octanol–water partition coefficient (Wildman–Crippen LogP) is 29.8. The summed E-state index contributed by atoms with van der Waals surface area (Å²) < 4.78 is 105. The zero-order chi connectivity index (χ0) is 96.5. The molecule has 0 fully saturated rings. The minimum absolute atomic E-state index is 0.124. The van der Waals surface area contributed by atoms with Gasteiger partial charge in [0.15, 0.2) is 17.5 Å². The summed E-state index contributed by atoms with van der Waals surface area (Å²) >= 11 is 0. The van der Waals surface area contributed by atoms with Crippen LogP contribution in [0.5, 0.6) is 11.5 Å². The Bertz CT molecular complexity index is 5080. The van der Waals surface area contributed by atoms with Crippen LogP contribution in [0.3, 0.4) is 0 Å². The Morgan fingerprint density at radius 2 is 0.646 bits per heavy atom. The van der Waals surface area contributed by atoms with Crippen LogP contribution in [0.4, 0.5) is 40.8 Å². The Balaban J connectivity index is 0.000000684. The van der Waals surface area contributed by atoms with Gasteiger partial charge >= 0.3 is 0 Å². The molecule has 127 heavy (non-hydrogen) atoms. The number of hydrogen-bond acceptors (Lipinski definition) is 9. The van der Waals surface area contributed by atoms with Gasteiger partial charge in [-0.2, -0.15) is 5.26 Å². The number of aromatic hydroxyl groups is 1. The van der Waals surface area contributed by atoms with E-state index in [1.165, 1.54) is 106 Å². The van der Waals surface area contributed by atoms with Crippen molar-refractivity contribution in [1.82, 2.24) is 24.9 Å². The molecule has 3 N–H and O–H groups in total. The van der Waals surface area contributed by atoms with Crippen LogP contribution in [0, 0.1) is 259 Å². The van der Waals surface area contributed by atoms with Crippen molar-refractivity contribution in [2.24, 2.45) is 0 Å². The van der Waals surface area contributed by atoms with Crippen LogP contribution >= 0.6 is 0 Å². The van der Waals surface area contributed by atoms with E-state index in [1.807, 2.05) is 183 Å². The summed E-state index contributed by atoms with van der Waals surface area (Å²) in [5, 5.41) is 17.5. The maximum absolute atomic E-state index is 12.6. The van der Waals surface area contributed by atoms with Crippen molar-refractivity contribution < 1.29 is 45.0 Å². The van der Waals surface area contributed by atoms with Gasteiger partial charge < -0.3 is 15.6 Å². The minimum atomic E-state index is -1.39. The van der Waals surface area contributed by atoms with Crippen LogP contribution in [0.25, 0.3) is 0 Å². The standard InChI is InChI=1S/C9H9N.C8H7F3.C8H8F2.2C8H9F.C8H11NO.2C8H11N.C8H10O.2C8H10.C7H8FN.2C7H9N/c1-7-3-8(2)5-9(4-7)6-10;1-4-3-5(2)7(10)8(11)6(4)9;1-5-3-6(2)8(10)4-7(5)9;1-6-3-7(2)5-8(9)4-6;1-6-3-4-8(9)7(2)5-6;1-6-4-7(2)9-5-8(6)10-3;1-6-4-7(2)8(3)9-5-6;1-6-3-4-8(9)7(2)5-6;1-6-3-7(2)5-8(9)4-6;2*1-7-4-3-5-8(2)6-7;1-5-3-6(2)9-4-7(5)8;1-6-3-7(2)5-8-4-6;1-6-3-4-8-7(2)5-6/h3-5H,1-2H3;3H,1-2H3;3-4H,1-2H3;2*3-5H,1-2H3;4-5H,1-3H3;4-5H,1-3H3;3-5H,9H2,1-2H3;3-5,9H,1-2H3;2*3-6H,1-2H3;3-4H,1-2H3;2*3-5H,1-2H3. The van der Waals surface area contributed by atoms with E-state index in [1.54, 1.807) is 65.3 Å². The van der Waals surface area contributed by atoms with Gasteiger partial charge in [0.05, 0.1) is 31.1 Å². The lowest BCUT2D eigenvalue weighted by Crippen LogP contribution is -1.96. The Morgan fingerprint density at radius 1 is 0.283 bits per heavy atom. The Morgan fingerprint density at radius 3 is 0.969 bits per heavy atom. The highest BCUT2D eigenvalue weighted by molar-refractivity contribution is 5.47. The monoisotopic (exact) mass is 1730 g/mol. The van der Waals surface area contributed by atoms with Crippen LogP contribution in [0.15, 0.2) is 231 Å². The highest BCUT2D eigenvalue weighted by Gasteiger charge is 2.13. The highest BCUT2D eigenvalue weighted by Crippen LogP contribution is 2.21. The van der Waals surface area contributed by atoms with Crippen molar-refractivity contribution >= 4 is 5.69 Å². The summed E-state index contributed by atoms with van der Waals surface area (Å²) in [6.07, 6.45) is 10.4. The van der Waals surface area contributed by atoms with Gasteiger partial charge in [-0.25, -0.2) is 35.1 Å². The molecule has 9 nitrogen and oxygen atoms in total.